The van der Waals surface area contributed by atoms with Crippen LogP contribution in [0.15, 0.2) is 29.2 Å². The van der Waals surface area contributed by atoms with Gasteiger partial charge in [-0.05, 0) is 37.6 Å². The Morgan fingerprint density at radius 1 is 1.25 bits per heavy atom. The number of thioether (sulfide) groups is 1. The highest BCUT2D eigenvalue weighted by Gasteiger charge is 2.30. The molecule has 0 radical (unpaired) electrons. The number of benzene rings is 1. The van der Waals surface area contributed by atoms with Crippen LogP contribution in [0.2, 0.25) is 0 Å². The number of carbonyl (C=O) groups excluding carboxylic acids is 1. The zero-order valence-electron chi connectivity index (χ0n) is 14.4. The molecule has 3 rings (SSSR count). The molecule has 1 amide bonds. The van der Waals surface area contributed by atoms with Crippen molar-refractivity contribution in [3.8, 4) is 5.75 Å². The second-order valence-corrected chi connectivity index (χ2v) is 7.31. The van der Waals surface area contributed by atoms with Gasteiger partial charge in [0, 0.05) is 50.2 Å². The Kier molecular flexibility index (Phi) is 6.40. The zero-order valence-corrected chi connectivity index (χ0v) is 15.2. The number of amides is 1. The van der Waals surface area contributed by atoms with Crippen molar-refractivity contribution in [1.82, 2.24) is 15.1 Å². The Morgan fingerprint density at radius 2 is 2.00 bits per heavy atom. The molecule has 0 bridgehead atoms. The summed E-state index contributed by atoms with van der Waals surface area (Å²) in [6.45, 7) is 8.79. The molecular weight excluding hydrogens is 322 g/mol. The van der Waals surface area contributed by atoms with E-state index in [9.17, 15) is 4.79 Å². The minimum absolute atomic E-state index is 0.256. The van der Waals surface area contributed by atoms with E-state index in [1.54, 1.807) is 11.8 Å². The van der Waals surface area contributed by atoms with Gasteiger partial charge >= 0.3 is 0 Å². The number of rotatable bonds is 6. The second kappa shape index (κ2) is 8.74. The summed E-state index contributed by atoms with van der Waals surface area (Å²) in [6.07, 6.45) is 1.11. The van der Waals surface area contributed by atoms with Crippen molar-refractivity contribution >= 4 is 17.7 Å². The number of piperazine rings is 1. The van der Waals surface area contributed by atoms with Crippen molar-refractivity contribution < 1.29 is 9.53 Å². The molecule has 0 aromatic heterocycles. The van der Waals surface area contributed by atoms with Crippen molar-refractivity contribution in [2.45, 2.75) is 24.3 Å². The van der Waals surface area contributed by atoms with E-state index in [0.29, 0.717) is 18.4 Å². The van der Waals surface area contributed by atoms with Gasteiger partial charge in [0.25, 0.3) is 0 Å². The third kappa shape index (κ3) is 4.65. The standard InChI is InChI=1S/C18H27N3O2S/c1-2-23-16-3-5-17(6-4-16)24-14-18(22)21-10-7-15(13-21)20-11-8-19-9-12-20/h3-6,15,19H,2,7-14H2,1H3. The first kappa shape index (κ1) is 17.6. The number of hydrogen-bond donors (Lipinski definition) is 1. The number of carbonyl (C=O) groups is 1. The topological polar surface area (TPSA) is 44.8 Å². The summed E-state index contributed by atoms with van der Waals surface area (Å²) >= 11 is 1.61. The molecule has 1 aromatic carbocycles. The van der Waals surface area contributed by atoms with E-state index in [-0.39, 0.29) is 5.91 Å². The van der Waals surface area contributed by atoms with Gasteiger partial charge in [-0.15, -0.1) is 11.8 Å². The van der Waals surface area contributed by atoms with Crippen molar-refractivity contribution in [2.24, 2.45) is 0 Å². The Hall–Kier alpha value is -1.24. The molecule has 132 valence electrons. The van der Waals surface area contributed by atoms with Crippen LogP contribution in [-0.2, 0) is 4.79 Å². The molecule has 2 fully saturated rings. The fourth-order valence-electron chi connectivity index (χ4n) is 3.35. The monoisotopic (exact) mass is 349 g/mol. The lowest BCUT2D eigenvalue weighted by Gasteiger charge is -2.32. The summed E-state index contributed by atoms with van der Waals surface area (Å²) in [7, 11) is 0. The van der Waals surface area contributed by atoms with Crippen molar-refractivity contribution in [1.29, 1.82) is 0 Å². The second-order valence-electron chi connectivity index (χ2n) is 6.26. The number of hydrogen-bond acceptors (Lipinski definition) is 5. The first-order valence-corrected chi connectivity index (χ1v) is 9.83. The van der Waals surface area contributed by atoms with Crippen LogP contribution in [0.3, 0.4) is 0 Å². The highest BCUT2D eigenvalue weighted by molar-refractivity contribution is 8.00. The molecule has 1 aromatic rings. The van der Waals surface area contributed by atoms with Crippen molar-refractivity contribution in [3.05, 3.63) is 24.3 Å². The van der Waals surface area contributed by atoms with Gasteiger partial charge in [0.05, 0.1) is 12.4 Å². The number of nitrogens with one attached hydrogen (secondary N) is 1. The third-order valence-corrected chi connectivity index (χ3v) is 5.68. The number of nitrogens with zero attached hydrogens (tertiary/aromatic N) is 2. The van der Waals surface area contributed by atoms with E-state index in [1.165, 1.54) is 0 Å². The molecule has 1 N–H and O–H groups in total. The molecule has 6 heteroatoms. The van der Waals surface area contributed by atoms with E-state index >= 15 is 0 Å². The summed E-state index contributed by atoms with van der Waals surface area (Å²) in [5.74, 6) is 1.65. The number of ether oxygens (including phenoxy) is 1. The fraction of sp³-hybridized carbons (Fsp3) is 0.611. The summed E-state index contributed by atoms with van der Waals surface area (Å²) in [6, 6.07) is 8.53. The van der Waals surface area contributed by atoms with E-state index < -0.39 is 0 Å². The highest BCUT2D eigenvalue weighted by Crippen LogP contribution is 2.23. The van der Waals surface area contributed by atoms with Gasteiger partial charge in [0.15, 0.2) is 0 Å². The van der Waals surface area contributed by atoms with E-state index in [2.05, 4.69) is 10.2 Å². The minimum Gasteiger partial charge on any atom is -0.494 e. The lowest BCUT2D eigenvalue weighted by Crippen LogP contribution is -2.49. The summed E-state index contributed by atoms with van der Waals surface area (Å²) in [5, 5.41) is 3.39. The average Bonchev–Trinajstić information content (AvgIpc) is 3.12. The predicted octanol–water partition coefficient (Wildman–Crippen LogP) is 1.68. The van der Waals surface area contributed by atoms with Crippen molar-refractivity contribution in [3.63, 3.8) is 0 Å². The van der Waals surface area contributed by atoms with Gasteiger partial charge in [-0.1, -0.05) is 0 Å². The van der Waals surface area contributed by atoms with Gasteiger partial charge in [-0.2, -0.15) is 0 Å². The van der Waals surface area contributed by atoms with Crippen LogP contribution in [0.1, 0.15) is 13.3 Å². The van der Waals surface area contributed by atoms with Gasteiger partial charge in [0.2, 0.25) is 5.91 Å². The molecule has 2 aliphatic heterocycles. The fourth-order valence-corrected chi connectivity index (χ4v) is 4.15. The van der Waals surface area contributed by atoms with E-state index in [1.807, 2.05) is 36.1 Å². The molecule has 0 saturated carbocycles. The molecule has 5 nitrogen and oxygen atoms in total. The maximum atomic E-state index is 12.5. The van der Waals surface area contributed by atoms with Gasteiger partial charge in [0.1, 0.15) is 5.75 Å². The molecule has 0 spiro atoms. The molecule has 1 atom stereocenters. The average molecular weight is 350 g/mol. The highest BCUT2D eigenvalue weighted by atomic mass is 32.2. The molecule has 0 aliphatic carbocycles. The Bertz CT molecular complexity index is 532. The predicted molar refractivity (Wildman–Crippen MR) is 97.8 cm³/mol. The molecule has 2 saturated heterocycles. The van der Waals surface area contributed by atoms with Crippen LogP contribution < -0.4 is 10.1 Å². The Labute approximate surface area is 148 Å². The summed E-state index contributed by atoms with van der Waals surface area (Å²) in [5.41, 5.74) is 0. The third-order valence-electron chi connectivity index (χ3n) is 4.68. The Morgan fingerprint density at radius 3 is 2.71 bits per heavy atom. The maximum absolute atomic E-state index is 12.5. The quantitative estimate of drug-likeness (QED) is 0.792. The summed E-state index contributed by atoms with van der Waals surface area (Å²) in [4.78, 5) is 18.1. The van der Waals surface area contributed by atoms with E-state index in [4.69, 9.17) is 4.74 Å². The first-order chi connectivity index (χ1) is 11.8. The van der Waals surface area contributed by atoms with Crippen LogP contribution in [0.5, 0.6) is 5.75 Å². The zero-order chi connectivity index (χ0) is 16.8. The number of likely N-dealkylation sites (tertiary alicyclic amines) is 1. The smallest absolute Gasteiger partial charge is 0.232 e. The van der Waals surface area contributed by atoms with Crippen LogP contribution in [0.25, 0.3) is 0 Å². The largest absolute Gasteiger partial charge is 0.494 e. The summed E-state index contributed by atoms with van der Waals surface area (Å²) < 4.78 is 5.44. The lowest BCUT2D eigenvalue weighted by atomic mass is 10.2. The molecule has 24 heavy (non-hydrogen) atoms. The van der Waals surface area contributed by atoms with Crippen molar-refractivity contribution in [2.75, 3.05) is 51.6 Å². The molecular formula is C18H27N3O2S. The molecule has 1 unspecified atom stereocenters. The van der Waals surface area contributed by atoms with Gasteiger partial charge in [-0.3, -0.25) is 9.69 Å². The van der Waals surface area contributed by atoms with Crippen LogP contribution >= 0.6 is 11.8 Å². The van der Waals surface area contributed by atoms with Crippen LogP contribution in [0.4, 0.5) is 0 Å². The normalized spacial score (nSPS) is 21.9. The Balaban J connectivity index is 1.43. The maximum Gasteiger partial charge on any atom is 0.232 e. The molecule has 2 aliphatic rings. The lowest BCUT2D eigenvalue weighted by molar-refractivity contribution is -0.127. The van der Waals surface area contributed by atoms with Crippen LogP contribution in [-0.4, -0.2) is 73.4 Å². The minimum atomic E-state index is 0.256. The van der Waals surface area contributed by atoms with E-state index in [0.717, 1.165) is 56.3 Å². The first-order valence-electron chi connectivity index (χ1n) is 8.84. The van der Waals surface area contributed by atoms with Gasteiger partial charge in [-0.25, -0.2) is 0 Å². The molecule has 2 heterocycles. The SMILES string of the molecule is CCOc1ccc(SCC(=O)N2CCC(N3CCNCC3)C2)cc1. The van der Waals surface area contributed by atoms with Crippen LogP contribution in [0, 0.1) is 0 Å². The van der Waals surface area contributed by atoms with Gasteiger partial charge < -0.3 is 15.0 Å².